The van der Waals surface area contributed by atoms with Crippen molar-refractivity contribution in [2.24, 2.45) is 5.92 Å². The van der Waals surface area contributed by atoms with E-state index in [4.69, 9.17) is 9.72 Å². The Bertz CT molecular complexity index is 1020. The Labute approximate surface area is 181 Å². The van der Waals surface area contributed by atoms with Crippen molar-refractivity contribution < 1.29 is 9.84 Å². The normalized spacial score (nSPS) is 21.9. The monoisotopic (exact) mass is 420 g/mol. The minimum atomic E-state index is -0.290. The Hall–Kier alpha value is -2.81. The predicted molar refractivity (Wildman–Crippen MR) is 121 cm³/mol. The van der Waals surface area contributed by atoms with Gasteiger partial charge in [-0.3, -0.25) is 4.98 Å². The number of hydrogen-bond acceptors (Lipinski definition) is 8. The number of morpholine rings is 1. The van der Waals surface area contributed by atoms with Crippen LogP contribution in [0.15, 0.2) is 42.7 Å². The van der Waals surface area contributed by atoms with E-state index in [1.54, 1.807) is 12.4 Å². The van der Waals surface area contributed by atoms with Crippen molar-refractivity contribution in [2.45, 2.75) is 12.5 Å². The second kappa shape index (κ2) is 9.13. The number of fused-ring (bicyclic) bond motifs is 1. The fourth-order valence-corrected chi connectivity index (χ4v) is 4.31. The van der Waals surface area contributed by atoms with Gasteiger partial charge in [0.2, 0.25) is 0 Å². The number of piperidine rings is 1. The lowest BCUT2D eigenvalue weighted by Gasteiger charge is -2.29. The molecular formula is C23H28N6O2. The number of aromatic nitrogens is 3. The summed E-state index contributed by atoms with van der Waals surface area (Å²) >= 11 is 0. The number of rotatable bonds is 5. The van der Waals surface area contributed by atoms with Gasteiger partial charge in [-0.25, -0.2) is 9.97 Å². The summed E-state index contributed by atoms with van der Waals surface area (Å²) in [7, 11) is 0. The molecule has 2 atom stereocenters. The molecule has 2 unspecified atom stereocenters. The van der Waals surface area contributed by atoms with Gasteiger partial charge in [0, 0.05) is 49.8 Å². The lowest BCUT2D eigenvalue weighted by atomic mass is 9.97. The van der Waals surface area contributed by atoms with Crippen LogP contribution in [0.1, 0.15) is 6.42 Å². The molecule has 8 heteroatoms. The number of ether oxygens (including phenoxy) is 1. The van der Waals surface area contributed by atoms with E-state index in [0.29, 0.717) is 12.5 Å². The van der Waals surface area contributed by atoms with Gasteiger partial charge in [0.1, 0.15) is 5.52 Å². The Morgan fingerprint density at radius 1 is 1.10 bits per heavy atom. The van der Waals surface area contributed by atoms with Crippen LogP contribution in [0, 0.1) is 5.92 Å². The van der Waals surface area contributed by atoms with Crippen molar-refractivity contribution in [1.29, 1.82) is 0 Å². The van der Waals surface area contributed by atoms with Crippen molar-refractivity contribution in [1.82, 2.24) is 20.3 Å². The molecule has 0 saturated carbocycles. The van der Waals surface area contributed by atoms with Gasteiger partial charge in [-0.2, -0.15) is 0 Å². The van der Waals surface area contributed by atoms with Crippen molar-refractivity contribution in [2.75, 3.05) is 56.2 Å². The quantitative estimate of drug-likeness (QED) is 0.576. The molecule has 162 valence electrons. The van der Waals surface area contributed by atoms with E-state index in [2.05, 4.69) is 49.8 Å². The van der Waals surface area contributed by atoms with Crippen molar-refractivity contribution in [3.05, 3.63) is 42.7 Å². The molecule has 2 fully saturated rings. The van der Waals surface area contributed by atoms with Crippen molar-refractivity contribution in [3.63, 3.8) is 0 Å². The van der Waals surface area contributed by atoms with Crippen LogP contribution in [0.25, 0.3) is 22.3 Å². The van der Waals surface area contributed by atoms with Crippen LogP contribution in [0.3, 0.4) is 0 Å². The number of nitrogens with zero attached hydrogens (tertiary/aromatic N) is 4. The number of aliphatic hydroxyl groups excluding tert-OH is 1. The standard InChI is InChI=1S/C23H28N6O2/c30-19-11-16(13-24-15-19)14-27-23-22-21(25-5-6-26-22)12-20(28-23)17-1-3-18(4-2-17)29-7-9-31-10-8-29/h1-6,12,16,19,24,30H,7-11,13-15H2,(H,27,28). The van der Waals surface area contributed by atoms with Crippen LogP contribution in [0.2, 0.25) is 0 Å². The molecule has 0 amide bonds. The first-order chi connectivity index (χ1) is 15.3. The summed E-state index contributed by atoms with van der Waals surface area (Å²) in [5.41, 5.74) is 4.69. The molecule has 8 nitrogen and oxygen atoms in total. The smallest absolute Gasteiger partial charge is 0.154 e. The van der Waals surface area contributed by atoms with E-state index in [1.807, 2.05) is 6.07 Å². The highest BCUT2D eigenvalue weighted by Crippen LogP contribution is 2.28. The number of benzene rings is 1. The first-order valence-corrected chi connectivity index (χ1v) is 10.9. The number of aliphatic hydroxyl groups is 1. The highest BCUT2D eigenvalue weighted by atomic mass is 16.5. The van der Waals surface area contributed by atoms with Crippen LogP contribution in [-0.2, 0) is 4.74 Å². The van der Waals surface area contributed by atoms with Crippen LogP contribution < -0.4 is 15.5 Å². The molecule has 2 aromatic heterocycles. The molecule has 1 aromatic carbocycles. The lowest BCUT2D eigenvalue weighted by Crippen LogP contribution is -2.41. The summed E-state index contributed by atoms with van der Waals surface area (Å²) in [4.78, 5) is 16.2. The third kappa shape index (κ3) is 4.61. The zero-order chi connectivity index (χ0) is 21.0. The maximum Gasteiger partial charge on any atom is 0.154 e. The molecule has 0 bridgehead atoms. The van der Waals surface area contributed by atoms with Crippen molar-refractivity contribution in [3.8, 4) is 11.3 Å². The minimum absolute atomic E-state index is 0.290. The Morgan fingerprint density at radius 2 is 1.90 bits per heavy atom. The molecule has 3 aromatic rings. The molecule has 2 saturated heterocycles. The van der Waals surface area contributed by atoms with Gasteiger partial charge in [-0.1, -0.05) is 12.1 Å². The molecule has 2 aliphatic rings. The molecule has 0 aliphatic carbocycles. The largest absolute Gasteiger partial charge is 0.392 e. The SMILES string of the molecule is OC1CNCC(CNc2nc(-c3ccc(N4CCOCC4)cc3)cc3nccnc23)C1. The summed E-state index contributed by atoms with van der Waals surface area (Å²) in [5, 5.41) is 16.7. The summed E-state index contributed by atoms with van der Waals surface area (Å²) in [5.74, 6) is 1.08. The molecule has 0 radical (unpaired) electrons. The van der Waals surface area contributed by atoms with Gasteiger partial charge >= 0.3 is 0 Å². The summed E-state index contributed by atoms with van der Waals surface area (Å²) in [6.07, 6.45) is 3.89. The minimum Gasteiger partial charge on any atom is -0.392 e. The maximum absolute atomic E-state index is 9.92. The molecule has 3 N–H and O–H groups in total. The average molecular weight is 421 g/mol. The topological polar surface area (TPSA) is 95.4 Å². The summed E-state index contributed by atoms with van der Waals surface area (Å²) in [6.45, 7) is 5.66. The third-order valence-corrected chi connectivity index (χ3v) is 5.97. The van der Waals surface area contributed by atoms with Crippen molar-refractivity contribution >= 4 is 22.5 Å². The number of nitrogens with one attached hydrogen (secondary N) is 2. The fraction of sp³-hybridized carbons (Fsp3) is 0.435. The van der Waals surface area contributed by atoms with E-state index in [0.717, 1.165) is 73.9 Å². The Kier molecular flexibility index (Phi) is 5.93. The molecule has 4 heterocycles. The van der Waals surface area contributed by atoms with Crippen LogP contribution >= 0.6 is 0 Å². The lowest BCUT2D eigenvalue weighted by molar-refractivity contribution is 0.117. The first kappa shape index (κ1) is 20.1. The summed E-state index contributed by atoms with van der Waals surface area (Å²) in [6, 6.07) is 10.5. The van der Waals surface area contributed by atoms with Gasteiger partial charge in [0.25, 0.3) is 0 Å². The average Bonchev–Trinajstić information content (AvgIpc) is 2.83. The van der Waals surface area contributed by atoms with Gasteiger partial charge in [-0.05, 0) is 37.1 Å². The van der Waals surface area contributed by atoms with Gasteiger partial charge in [-0.15, -0.1) is 0 Å². The first-order valence-electron chi connectivity index (χ1n) is 10.9. The highest BCUT2D eigenvalue weighted by Gasteiger charge is 2.20. The number of hydrogen-bond donors (Lipinski definition) is 3. The summed E-state index contributed by atoms with van der Waals surface area (Å²) < 4.78 is 5.45. The zero-order valence-electron chi connectivity index (χ0n) is 17.5. The Balaban J connectivity index is 1.39. The van der Waals surface area contributed by atoms with Gasteiger partial charge < -0.3 is 25.4 Å². The van der Waals surface area contributed by atoms with Crippen LogP contribution in [-0.4, -0.2) is 72.1 Å². The fourth-order valence-electron chi connectivity index (χ4n) is 4.31. The number of β-amino-alcohol motifs (C(OH)–C–C–N with tert-alkyl or cyclic N) is 1. The highest BCUT2D eigenvalue weighted by molar-refractivity contribution is 5.88. The second-order valence-electron chi connectivity index (χ2n) is 8.22. The number of pyridine rings is 1. The van der Waals surface area contributed by atoms with Crippen LogP contribution in [0.4, 0.5) is 11.5 Å². The van der Waals surface area contributed by atoms with Gasteiger partial charge in [0.05, 0.1) is 30.5 Å². The molecule has 5 rings (SSSR count). The Morgan fingerprint density at radius 3 is 2.71 bits per heavy atom. The van der Waals surface area contributed by atoms with E-state index in [-0.39, 0.29) is 6.10 Å². The molecule has 31 heavy (non-hydrogen) atoms. The zero-order valence-corrected chi connectivity index (χ0v) is 17.5. The van der Waals surface area contributed by atoms with E-state index in [9.17, 15) is 5.11 Å². The van der Waals surface area contributed by atoms with E-state index < -0.39 is 0 Å². The maximum atomic E-state index is 9.92. The van der Waals surface area contributed by atoms with Gasteiger partial charge in [0.15, 0.2) is 5.82 Å². The number of anilines is 2. The van der Waals surface area contributed by atoms with E-state index >= 15 is 0 Å². The molecule has 2 aliphatic heterocycles. The van der Waals surface area contributed by atoms with E-state index in [1.165, 1.54) is 5.69 Å². The van der Waals surface area contributed by atoms with Crippen LogP contribution in [0.5, 0.6) is 0 Å². The third-order valence-electron chi connectivity index (χ3n) is 5.97. The molecular weight excluding hydrogens is 392 g/mol. The second-order valence-corrected chi connectivity index (χ2v) is 8.22. The predicted octanol–water partition coefficient (Wildman–Crippen LogP) is 1.91. The molecule has 0 spiro atoms.